The summed E-state index contributed by atoms with van der Waals surface area (Å²) >= 11 is 0. The molecular formula is C11H17F3O2. The Labute approximate surface area is 93.2 Å². The van der Waals surface area contributed by atoms with Crippen LogP contribution in [0.3, 0.4) is 0 Å². The van der Waals surface area contributed by atoms with E-state index in [2.05, 4.69) is 4.74 Å². The second-order valence-electron chi connectivity index (χ2n) is 4.38. The lowest BCUT2D eigenvalue weighted by molar-refractivity contribution is -0.231. The lowest BCUT2D eigenvalue weighted by atomic mass is 9.78. The molecule has 1 aliphatic carbocycles. The summed E-state index contributed by atoms with van der Waals surface area (Å²) in [5, 5.41) is 0. The summed E-state index contributed by atoms with van der Waals surface area (Å²) < 4.78 is 42.3. The predicted octanol–water partition coefficient (Wildman–Crippen LogP) is 2.96. The summed E-state index contributed by atoms with van der Waals surface area (Å²) in [6.07, 6.45) is -2.23. The van der Waals surface area contributed by atoms with Gasteiger partial charge in [0.15, 0.2) is 6.10 Å². The Morgan fingerprint density at radius 2 is 1.88 bits per heavy atom. The van der Waals surface area contributed by atoms with E-state index in [0.717, 1.165) is 13.4 Å². The Morgan fingerprint density at radius 3 is 2.25 bits per heavy atom. The van der Waals surface area contributed by atoms with Crippen LogP contribution in [0.2, 0.25) is 0 Å². The van der Waals surface area contributed by atoms with Gasteiger partial charge in [0.05, 0.1) is 0 Å². The van der Waals surface area contributed by atoms with E-state index in [1.807, 2.05) is 0 Å². The van der Waals surface area contributed by atoms with Crippen LogP contribution >= 0.6 is 0 Å². The summed E-state index contributed by atoms with van der Waals surface area (Å²) in [4.78, 5) is 10.3. The molecule has 0 aromatic carbocycles. The van der Waals surface area contributed by atoms with Crippen LogP contribution in [0.4, 0.5) is 13.2 Å². The van der Waals surface area contributed by atoms with Crippen LogP contribution in [0, 0.1) is 11.8 Å². The lowest BCUT2D eigenvalue weighted by Gasteiger charge is -2.33. The predicted molar refractivity (Wildman–Crippen MR) is 53.0 cm³/mol. The molecule has 0 aliphatic heterocycles. The number of ether oxygens (including phenoxy) is 1. The van der Waals surface area contributed by atoms with Gasteiger partial charge in [0, 0.05) is 13.5 Å². The first-order valence-corrected chi connectivity index (χ1v) is 5.52. The number of rotatable bonds is 4. The molecular weight excluding hydrogens is 221 g/mol. The maximum atomic E-state index is 12.6. The first kappa shape index (κ1) is 13.5. The van der Waals surface area contributed by atoms with Crippen molar-refractivity contribution < 1.29 is 22.7 Å². The quantitative estimate of drug-likeness (QED) is 0.704. The number of alkyl halides is 3. The number of carbonyl (C=O) groups is 1. The molecule has 94 valence electrons. The van der Waals surface area contributed by atoms with E-state index in [4.69, 9.17) is 0 Å². The minimum atomic E-state index is -4.28. The summed E-state index contributed by atoms with van der Waals surface area (Å²) in [6, 6.07) is 0. The molecule has 1 unspecified atom stereocenters. The van der Waals surface area contributed by atoms with Crippen molar-refractivity contribution in [1.82, 2.24) is 0 Å². The molecule has 0 aromatic heterocycles. The second kappa shape index (κ2) is 5.66. The molecule has 0 radical (unpaired) electrons. The third kappa shape index (κ3) is 3.47. The highest BCUT2D eigenvalue weighted by Crippen LogP contribution is 2.38. The van der Waals surface area contributed by atoms with Crippen molar-refractivity contribution in [3.05, 3.63) is 0 Å². The minimum absolute atomic E-state index is 0.263. The van der Waals surface area contributed by atoms with E-state index < -0.39 is 18.2 Å². The van der Waals surface area contributed by atoms with Gasteiger partial charge in [-0.3, -0.25) is 0 Å². The van der Waals surface area contributed by atoms with Crippen molar-refractivity contribution in [2.24, 2.45) is 11.8 Å². The van der Waals surface area contributed by atoms with Gasteiger partial charge in [-0.25, -0.2) is 0 Å². The number of hydrogen-bond acceptors (Lipinski definition) is 2. The number of halogens is 3. The molecule has 0 saturated heterocycles. The molecule has 0 aromatic rings. The van der Waals surface area contributed by atoms with Crippen LogP contribution in [0.1, 0.15) is 32.1 Å². The van der Waals surface area contributed by atoms with E-state index in [1.54, 1.807) is 0 Å². The van der Waals surface area contributed by atoms with Crippen molar-refractivity contribution in [3.8, 4) is 0 Å². The van der Waals surface area contributed by atoms with E-state index in [1.165, 1.54) is 0 Å². The molecule has 1 atom stereocenters. The Bertz CT molecular complexity index is 220. The summed E-state index contributed by atoms with van der Waals surface area (Å²) in [5.74, 6) is -0.188. The summed E-state index contributed by atoms with van der Waals surface area (Å²) in [6.45, 7) is 0. The van der Waals surface area contributed by atoms with Gasteiger partial charge >= 0.3 is 6.18 Å². The van der Waals surface area contributed by atoms with Gasteiger partial charge in [-0.1, -0.05) is 0 Å². The van der Waals surface area contributed by atoms with Crippen LogP contribution < -0.4 is 0 Å². The molecule has 5 heteroatoms. The zero-order chi connectivity index (χ0) is 12.2. The minimum Gasteiger partial charge on any atom is -0.372 e. The highest BCUT2D eigenvalue weighted by molar-refractivity contribution is 5.49. The Hall–Kier alpha value is -0.580. The van der Waals surface area contributed by atoms with Crippen molar-refractivity contribution in [3.63, 3.8) is 0 Å². The monoisotopic (exact) mass is 238 g/mol. The highest BCUT2D eigenvalue weighted by Gasteiger charge is 2.45. The Kier molecular flexibility index (Phi) is 4.77. The normalized spacial score (nSPS) is 28.8. The van der Waals surface area contributed by atoms with E-state index in [0.29, 0.717) is 32.1 Å². The second-order valence-corrected chi connectivity index (χ2v) is 4.38. The lowest BCUT2D eigenvalue weighted by Crippen LogP contribution is -2.39. The maximum absolute atomic E-state index is 12.6. The van der Waals surface area contributed by atoms with Crippen molar-refractivity contribution in [2.75, 3.05) is 7.11 Å². The molecule has 0 heterocycles. The Balaban J connectivity index is 2.48. The van der Waals surface area contributed by atoms with Gasteiger partial charge in [0.25, 0.3) is 0 Å². The van der Waals surface area contributed by atoms with Gasteiger partial charge in [-0.15, -0.1) is 0 Å². The average Bonchev–Trinajstić information content (AvgIpc) is 2.20. The number of carbonyl (C=O) groups excluding carboxylic acids is 1. The number of aldehydes is 1. The van der Waals surface area contributed by atoms with Gasteiger partial charge in [0.1, 0.15) is 6.29 Å². The fourth-order valence-corrected chi connectivity index (χ4v) is 2.46. The van der Waals surface area contributed by atoms with E-state index >= 15 is 0 Å². The SMILES string of the molecule is COC(C1CCC(CC=O)CC1)C(F)(F)F. The Morgan fingerprint density at radius 1 is 1.31 bits per heavy atom. The highest BCUT2D eigenvalue weighted by atomic mass is 19.4. The van der Waals surface area contributed by atoms with Crippen LogP contribution in [-0.2, 0) is 9.53 Å². The fraction of sp³-hybridized carbons (Fsp3) is 0.909. The van der Waals surface area contributed by atoms with Crippen LogP contribution in [-0.4, -0.2) is 25.7 Å². The molecule has 0 bridgehead atoms. The standard InChI is InChI=1S/C11H17F3O2/c1-16-10(11(12,13)14)9-4-2-8(3-5-9)6-7-15/h7-10H,2-6H2,1H3. The molecule has 2 nitrogen and oxygen atoms in total. The zero-order valence-electron chi connectivity index (χ0n) is 9.30. The number of methoxy groups -OCH3 is 1. The van der Waals surface area contributed by atoms with Crippen LogP contribution in [0.25, 0.3) is 0 Å². The summed E-state index contributed by atoms with van der Waals surface area (Å²) in [5.41, 5.74) is 0. The van der Waals surface area contributed by atoms with Gasteiger partial charge in [-0.2, -0.15) is 13.2 Å². The van der Waals surface area contributed by atoms with Gasteiger partial charge < -0.3 is 9.53 Å². The molecule has 0 spiro atoms. The van der Waals surface area contributed by atoms with Crippen molar-refractivity contribution in [1.29, 1.82) is 0 Å². The first-order chi connectivity index (χ1) is 7.49. The first-order valence-electron chi connectivity index (χ1n) is 5.52. The van der Waals surface area contributed by atoms with Gasteiger partial charge in [0.2, 0.25) is 0 Å². The van der Waals surface area contributed by atoms with E-state index in [9.17, 15) is 18.0 Å². The third-order valence-electron chi connectivity index (χ3n) is 3.33. The third-order valence-corrected chi connectivity index (χ3v) is 3.33. The number of hydrogen-bond donors (Lipinski definition) is 0. The van der Waals surface area contributed by atoms with E-state index in [-0.39, 0.29) is 5.92 Å². The molecule has 1 aliphatic rings. The molecule has 1 rings (SSSR count). The zero-order valence-corrected chi connectivity index (χ0v) is 9.30. The largest absolute Gasteiger partial charge is 0.414 e. The molecule has 1 fully saturated rings. The molecule has 1 saturated carbocycles. The van der Waals surface area contributed by atoms with Crippen LogP contribution in [0.15, 0.2) is 0 Å². The van der Waals surface area contributed by atoms with Crippen molar-refractivity contribution >= 4 is 6.29 Å². The average molecular weight is 238 g/mol. The fourth-order valence-electron chi connectivity index (χ4n) is 2.46. The van der Waals surface area contributed by atoms with Crippen molar-refractivity contribution in [2.45, 2.75) is 44.4 Å². The smallest absolute Gasteiger partial charge is 0.372 e. The molecule has 0 amide bonds. The summed E-state index contributed by atoms with van der Waals surface area (Å²) in [7, 11) is 1.11. The molecule has 0 N–H and O–H groups in total. The van der Waals surface area contributed by atoms with Gasteiger partial charge in [-0.05, 0) is 37.5 Å². The van der Waals surface area contributed by atoms with Crippen LogP contribution in [0.5, 0.6) is 0 Å². The maximum Gasteiger partial charge on any atom is 0.414 e. The topological polar surface area (TPSA) is 26.3 Å². The molecule has 16 heavy (non-hydrogen) atoms.